The number of ether oxygens (including phenoxy) is 3. The lowest BCUT2D eigenvalue weighted by Crippen LogP contribution is -2.36. The molecular formula is C25H29N7O3. The number of anilines is 2. The Morgan fingerprint density at radius 3 is 2.60 bits per heavy atom. The second-order valence-electron chi connectivity index (χ2n) is 8.70. The second-order valence-corrected chi connectivity index (χ2v) is 8.70. The van der Waals surface area contributed by atoms with Gasteiger partial charge in [-0.15, -0.1) is 0 Å². The highest BCUT2D eigenvalue weighted by Gasteiger charge is 2.24. The normalized spacial score (nSPS) is 20.3. The smallest absolute Gasteiger partial charge is 0.222 e. The SMILES string of the molecule is N=COC(=N)c1ccc(N[C@H]2CC[C@@H](Oc3cc(N4CCOCC4)cc4nccnc34)CC2)nc1. The number of rotatable bonds is 7. The zero-order chi connectivity index (χ0) is 24.0. The van der Waals surface area contributed by atoms with Crippen molar-refractivity contribution in [1.29, 1.82) is 10.8 Å². The fourth-order valence-electron chi connectivity index (χ4n) is 4.58. The van der Waals surface area contributed by atoms with Crippen LogP contribution in [0, 0.1) is 10.8 Å². The Morgan fingerprint density at radius 1 is 1.06 bits per heavy atom. The average molecular weight is 476 g/mol. The quantitative estimate of drug-likeness (QED) is 0.349. The summed E-state index contributed by atoms with van der Waals surface area (Å²) >= 11 is 0. The van der Waals surface area contributed by atoms with Gasteiger partial charge < -0.3 is 24.4 Å². The van der Waals surface area contributed by atoms with Gasteiger partial charge in [-0.05, 0) is 43.9 Å². The van der Waals surface area contributed by atoms with Gasteiger partial charge in [0, 0.05) is 49.5 Å². The standard InChI is InChI=1S/C25H29N7O3/c26-16-34-25(27)17-1-6-23(30-15-17)31-18-2-4-20(5-3-18)35-22-14-19(32-9-11-33-12-10-32)13-21-24(22)29-8-7-28-21/h1,6-8,13-16,18,20,26-27H,2-5,9-12H2,(H,30,31)/t18-,20+. The van der Waals surface area contributed by atoms with Gasteiger partial charge in [0.1, 0.15) is 17.1 Å². The minimum atomic E-state index is -0.0911. The largest absolute Gasteiger partial charge is 0.488 e. The molecule has 2 aromatic heterocycles. The highest BCUT2D eigenvalue weighted by Crippen LogP contribution is 2.33. The van der Waals surface area contributed by atoms with Crippen LogP contribution >= 0.6 is 0 Å². The molecule has 1 saturated carbocycles. The topological polar surface area (TPSA) is 129 Å². The first-order valence-corrected chi connectivity index (χ1v) is 11.9. The lowest BCUT2D eigenvalue weighted by atomic mass is 9.93. The van der Waals surface area contributed by atoms with E-state index < -0.39 is 0 Å². The summed E-state index contributed by atoms with van der Waals surface area (Å²) in [5, 5.41) is 18.1. The number of pyridine rings is 1. The van der Waals surface area contributed by atoms with E-state index >= 15 is 0 Å². The molecule has 1 aliphatic carbocycles. The average Bonchev–Trinajstić information content (AvgIpc) is 2.91. The van der Waals surface area contributed by atoms with Gasteiger partial charge in [-0.2, -0.15) is 0 Å². The summed E-state index contributed by atoms with van der Waals surface area (Å²) in [5.41, 5.74) is 3.27. The molecule has 10 heteroatoms. The number of nitrogens with one attached hydrogen (secondary N) is 3. The first-order valence-electron chi connectivity index (χ1n) is 11.9. The van der Waals surface area contributed by atoms with Crippen LogP contribution in [-0.2, 0) is 9.47 Å². The van der Waals surface area contributed by atoms with Crippen LogP contribution in [0.1, 0.15) is 31.2 Å². The lowest BCUT2D eigenvalue weighted by molar-refractivity contribution is 0.122. The van der Waals surface area contributed by atoms with Gasteiger partial charge in [-0.25, -0.2) is 9.97 Å². The number of benzene rings is 1. The lowest BCUT2D eigenvalue weighted by Gasteiger charge is -2.31. The van der Waals surface area contributed by atoms with Crippen LogP contribution in [0.3, 0.4) is 0 Å². The summed E-state index contributed by atoms with van der Waals surface area (Å²) in [5.74, 6) is 1.47. The first kappa shape index (κ1) is 23.0. The van der Waals surface area contributed by atoms with Crippen molar-refractivity contribution < 1.29 is 14.2 Å². The van der Waals surface area contributed by atoms with Gasteiger partial charge in [-0.3, -0.25) is 15.8 Å². The highest BCUT2D eigenvalue weighted by atomic mass is 16.5. The Labute approximate surface area is 203 Å². The van der Waals surface area contributed by atoms with Crippen molar-refractivity contribution in [2.24, 2.45) is 0 Å². The van der Waals surface area contributed by atoms with Crippen molar-refractivity contribution in [2.75, 3.05) is 36.5 Å². The zero-order valence-electron chi connectivity index (χ0n) is 19.4. The molecule has 0 radical (unpaired) electrons. The van der Waals surface area contributed by atoms with E-state index in [-0.39, 0.29) is 12.0 Å². The summed E-state index contributed by atoms with van der Waals surface area (Å²) in [7, 11) is 0. The van der Waals surface area contributed by atoms with Gasteiger partial charge in [0.25, 0.3) is 0 Å². The third-order valence-electron chi connectivity index (χ3n) is 6.42. The molecule has 0 spiro atoms. The van der Waals surface area contributed by atoms with Crippen LogP contribution in [0.25, 0.3) is 11.0 Å². The predicted octanol–water partition coefficient (Wildman–Crippen LogP) is 3.61. The molecule has 1 aromatic carbocycles. The third-order valence-corrected chi connectivity index (χ3v) is 6.42. The molecule has 2 aliphatic rings. The van der Waals surface area contributed by atoms with Crippen molar-refractivity contribution >= 4 is 34.8 Å². The minimum Gasteiger partial charge on any atom is -0.488 e. The first-order chi connectivity index (χ1) is 17.2. The van der Waals surface area contributed by atoms with Crippen LogP contribution in [0.2, 0.25) is 0 Å². The molecule has 0 amide bonds. The van der Waals surface area contributed by atoms with E-state index in [0.717, 1.165) is 86.7 Å². The van der Waals surface area contributed by atoms with Gasteiger partial charge in [-0.1, -0.05) is 0 Å². The van der Waals surface area contributed by atoms with Crippen LogP contribution in [-0.4, -0.2) is 65.7 Å². The molecule has 10 nitrogen and oxygen atoms in total. The van der Waals surface area contributed by atoms with E-state index in [1.54, 1.807) is 24.7 Å². The van der Waals surface area contributed by atoms with Crippen molar-refractivity contribution in [2.45, 2.75) is 37.8 Å². The number of nitrogens with zero attached hydrogens (tertiary/aromatic N) is 4. The van der Waals surface area contributed by atoms with Crippen molar-refractivity contribution in [3.8, 4) is 5.75 Å². The Kier molecular flexibility index (Phi) is 6.99. The van der Waals surface area contributed by atoms with Crippen LogP contribution in [0.4, 0.5) is 11.5 Å². The van der Waals surface area contributed by atoms with Gasteiger partial charge in [0.15, 0.2) is 6.40 Å². The molecule has 3 aromatic rings. The van der Waals surface area contributed by atoms with Gasteiger partial charge in [0.2, 0.25) is 5.90 Å². The summed E-state index contributed by atoms with van der Waals surface area (Å²) < 4.78 is 16.8. The third kappa shape index (κ3) is 5.48. The number of morpholine rings is 1. The van der Waals surface area contributed by atoms with E-state index in [4.69, 9.17) is 25.0 Å². The maximum atomic E-state index is 7.72. The molecule has 0 atom stereocenters. The molecule has 3 heterocycles. The van der Waals surface area contributed by atoms with E-state index in [9.17, 15) is 0 Å². The summed E-state index contributed by atoms with van der Waals surface area (Å²) in [4.78, 5) is 15.8. The van der Waals surface area contributed by atoms with Gasteiger partial charge in [0.05, 0.1) is 30.4 Å². The number of hydrogen-bond donors (Lipinski definition) is 3. The molecule has 1 saturated heterocycles. The fourth-order valence-corrected chi connectivity index (χ4v) is 4.58. The molecule has 3 N–H and O–H groups in total. The molecule has 182 valence electrons. The van der Waals surface area contributed by atoms with Crippen molar-refractivity contribution in [1.82, 2.24) is 15.0 Å². The monoisotopic (exact) mass is 475 g/mol. The minimum absolute atomic E-state index is 0.0911. The van der Waals surface area contributed by atoms with Crippen LogP contribution in [0.5, 0.6) is 5.75 Å². The van der Waals surface area contributed by atoms with Crippen molar-refractivity contribution in [3.63, 3.8) is 0 Å². The number of aromatic nitrogens is 3. The molecule has 1 aliphatic heterocycles. The summed E-state index contributed by atoms with van der Waals surface area (Å²) in [6.45, 7) is 3.16. The molecule has 35 heavy (non-hydrogen) atoms. The van der Waals surface area contributed by atoms with Crippen LogP contribution in [0.15, 0.2) is 42.9 Å². The van der Waals surface area contributed by atoms with Gasteiger partial charge >= 0.3 is 0 Å². The fraction of sp³-hybridized carbons (Fsp3) is 0.400. The summed E-state index contributed by atoms with van der Waals surface area (Å²) in [6.07, 6.45) is 9.65. The number of hydrogen-bond acceptors (Lipinski definition) is 10. The summed E-state index contributed by atoms with van der Waals surface area (Å²) in [6, 6.07) is 8.09. The molecule has 0 bridgehead atoms. The Balaban J connectivity index is 1.21. The predicted molar refractivity (Wildman–Crippen MR) is 134 cm³/mol. The molecule has 0 unspecified atom stereocenters. The Hall–Kier alpha value is -3.79. The molecule has 5 rings (SSSR count). The maximum Gasteiger partial charge on any atom is 0.222 e. The van der Waals surface area contributed by atoms with Crippen LogP contribution < -0.4 is 15.0 Å². The molecular weight excluding hydrogens is 446 g/mol. The van der Waals surface area contributed by atoms with Crippen molar-refractivity contribution in [3.05, 3.63) is 48.4 Å². The Morgan fingerprint density at radius 2 is 1.86 bits per heavy atom. The maximum absolute atomic E-state index is 7.72. The highest BCUT2D eigenvalue weighted by molar-refractivity contribution is 5.95. The zero-order valence-corrected chi connectivity index (χ0v) is 19.4. The molecule has 2 fully saturated rings. The Bertz CT molecular complexity index is 1170. The number of fused-ring (bicyclic) bond motifs is 1. The van der Waals surface area contributed by atoms with E-state index in [1.165, 1.54) is 0 Å². The van der Waals surface area contributed by atoms with E-state index in [1.807, 2.05) is 6.07 Å². The van der Waals surface area contributed by atoms with E-state index in [0.29, 0.717) is 11.6 Å². The second kappa shape index (κ2) is 10.6. The van der Waals surface area contributed by atoms with E-state index in [2.05, 4.69) is 37.3 Å².